The second-order valence-electron chi connectivity index (χ2n) is 7.17. The summed E-state index contributed by atoms with van der Waals surface area (Å²) in [6, 6.07) is 14.0. The number of carbonyl (C=O) groups excluding carboxylic acids is 1. The molecular formula is C19H17NO4. The zero-order valence-electron chi connectivity index (χ0n) is 13.5. The number of Topliss-reactive ketones (excluding diaryl/α,β-unsaturated/α-hetero) is 1. The SMILES string of the molecule is CC1(C)C[C@@]2(O[C@@H]2c2ccc([N+](=O)[O-])cc2)C(=O)c2ccccc21. The first kappa shape index (κ1) is 15.0. The van der Waals surface area contributed by atoms with Crippen LogP contribution in [0.2, 0.25) is 0 Å². The van der Waals surface area contributed by atoms with Crippen molar-refractivity contribution in [2.45, 2.75) is 37.4 Å². The third-order valence-electron chi connectivity index (χ3n) is 5.09. The first-order valence-corrected chi connectivity index (χ1v) is 7.92. The highest BCUT2D eigenvalue weighted by molar-refractivity contribution is 6.07. The lowest BCUT2D eigenvalue weighted by Crippen LogP contribution is -2.40. The van der Waals surface area contributed by atoms with Crippen LogP contribution in [0, 0.1) is 10.1 Å². The third-order valence-corrected chi connectivity index (χ3v) is 5.09. The van der Waals surface area contributed by atoms with Gasteiger partial charge in [0, 0.05) is 17.7 Å². The Morgan fingerprint density at radius 2 is 1.79 bits per heavy atom. The highest BCUT2D eigenvalue weighted by Crippen LogP contribution is 2.60. The lowest BCUT2D eigenvalue weighted by molar-refractivity contribution is -0.384. The number of fused-ring (bicyclic) bond motifs is 1. The molecule has 0 N–H and O–H groups in total. The number of hydrogen-bond acceptors (Lipinski definition) is 4. The number of ether oxygens (including phenoxy) is 1. The van der Waals surface area contributed by atoms with Crippen LogP contribution in [0.15, 0.2) is 48.5 Å². The minimum absolute atomic E-state index is 0.0146. The normalized spacial score (nSPS) is 26.9. The van der Waals surface area contributed by atoms with E-state index in [1.807, 2.05) is 24.3 Å². The van der Waals surface area contributed by atoms with Crippen LogP contribution in [0.1, 0.15) is 47.9 Å². The van der Waals surface area contributed by atoms with Gasteiger partial charge < -0.3 is 4.74 Å². The number of epoxide rings is 1. The van der Waals surface area contributed by atoms with Crippen molar-refractivity contribution < 1.29 is 14.5 Å². The predicted octanol–water partition coefficient (Wildman–Crippen LogP) is 3.97. The molecule has 1 spiro atoms. The first-order valence-electron chi connectivity index (χ1n) is 7.92. The molecular weight excluding hydrogens is 306 g/mol. The molecule has 2 aromatic carbocycles. The Morgan fingerprint density at radius 1 is 1.12 bits per heavy atom. The van der Waals surface area contributed by atoms with E-state index in [9.17, 15) is 14.9 Å². The molecule has 24 heavy (non-hydrogen) atoms. The topological polar surface area (TPSA) is 72.7 Å². The van der Waals surface area contributed by atoms with Gasteiger partial charge in [0.25, 0.3) is 5.69 Å². The Hall–Kier alpha value is -2.53. The lowest BCUT2D eigenvalue weighted by Gasteiger charge is -2.35. The van der Waals surface area contributed by atoms with Crippen LogP contribution in [-0.4, -0.2) is 16.3 Å². The highest BCUT2D eigenvalue weighted by atomic mass is 16.6. The van der Waals surface area contributed by atoms with Crippen LogP contribution in [0.5, 0.6) is 0 Å². The van der Waals surface area contributed by atoms with Crippen molar-refractivity contribution in [3.8, 4) is 0 Å². The molecule has 0 amide bonds. The fourth-order valence-corrected chi connectivity index (χ4v) is 3.92. The van der Waals surface area contributed by atoms with Crippen LogP contribution in [0.4, 0.5) is 5.69 Å². The molecule has 2 atom stereocenters. The van der Waals surface area contributed by atoms with Crippen molar-refractivity contribution in [3.63, 3.8) is 0 Å². The number of carbonyl (C=O) groups is 1. The summed E-state index contributed by atoms with van der Waals surface area (Å²) in [6.45, 7) is 4.24. The zero-order valence-corrected chi connectivity index (χ0v) is 13.5. The molecule has 1 aliphatic heterocycles. The van der Waals surface area contributed by atoms with Crippen molar-refractivity contribution in [2.75, 3.05) is 0 Å². The Morgan fingerprint density at radius 3 is 2.46 bits per heavy atom. The summed E-state index contributed by atoms with van der Waals surface area (Å²) in [5.74, 6) is 0.0146. The summed E-state index contributed by atoms with van der Waals surface area (Å²) in [6.07, 6.45) is 0.274. The van der Waals surface area contributed by atoms with E-state index in [-0.39, 0.29) is 23.0 Å². The molecule has 0 unspecified atom stereocenters. The van der Waals surface area contributed by atoms with Crippen molar-refractivity contribution in [1.29, 1.82) is 0 Å². The number of nitro groups is 1. The summed E-state index contributed by atoms with van der Waals surface area (Å²) in [5.41, 5.74) is 1.61. The largest absolute Gasteiger partial charge is 0.352 e. The van der Waals surface area contributed by atoms with E-state index in [0.717, 1.165) is 16.7 Å². The molecule has 2 aliphatic rings. The summed E-state index contributed by atoms with van der Waals surface area (Å²) in [7, 11) is 0. The molecule has 0 radical (unpaired) electrons. The second kappa shape index (κ2) is 4.74. The van der Waals surface area contributed by atoms with E-state index in [0.29, 0.717) is 6.42 Å². The van der Waals surface area contributed by atoms with Gasteiger partial charge in [-0.25, -0.2) is 0 Å². The van der Waals surface area contributed by atoms with E-state index in [4.69, 9.17) is 4.74 Å². The van der Waals surface area contributed by atoms with E-state index in [1.54, 1.807) is 12.1 Å². The van der Waals surface area contributed by atoms with Crippen LogP contribution >= 0.6 is 0 Å². The van der Waals surface area contributed by atoms with Gasteiger partial charge in [-0.1, -0.05) is 38.1 Å². The zero-order chi connectivity index (χ0) is 17.1. The van der Waals surface area contributed by atoms with E-state index >= 15 is 0 Å². The number of non-ortho nitro benzene ring substituents is 1. The molecule has 1 aliphatic carbocycles. The molecule has 4 rings (SSSR count). The summed E-state index contributed by atoms with van der Waals surface area (Å²) in [4.78, 5) is 23.4. The molecule has 5 heteroatoms. The molecule has 0 bridgehead atoms. The number of ketones is 1. The third kappa shape index (κ3) is 2.01. The second-order valence-corrected chi connectivity index (χ2v) is 7.17. The monoisotopic (exact) mass is 323 g/mol. The maximum Gasteiger partial charge on any atom is 0.269 e. The highest BCUT2D eigenvalue weighted by Gasteiger charge is 2.66. The molecule has 2 aromatic rings. The van der Waals surface area contributed by atoms with Crippen molar-refractivity contribution >= 4 is 11.5 Å². The van der Waals surface area contributed by atoms with Gasteiger partial charge in [0.05, 0.1) is 4.92 Å². The van der Waals surface area contributed by atoms with Crippen molar-refractivity contribution in [3.05, 3.63) is 75.3 Å². The van der Waals surface area contributed by atoms with Crippen LogP contribution in [-0.2, 0) is 10.2 Å². The molecule has 0 saturated carbocycles. The predicted molar refractivity (Wildman–Crippen MR) is 88.1 cm³/mol. The maximum atomic E-state index is 13.0. The standard InChI is InChI=1S/C19H17NO4/c1-18(2)11-19(16(21)14-5-3-4-6-15(14)18)17(24-19)12-7-9-13(10-8-12)20(22)23/h3-10,17H,11H2,1-2H3/t17-,19-/m1/s1. The van der Waals surface area contributed by atoms with Gasteiger partial charge in [0.2, 0.25) is 0 Å². The molecule has 1 saturated heterocycles. The Labute approximate surface area is 139 Å². The smallest absolute Gasteiger partial charge is 0.269 e. The number of nitro benzene ring substituents is 1. The summed E-state index contributed by atoms with van der Waals surface area (Å²) in [5, 5.41) is 10.8. The molecule has 122 valence electrons. The Kier molecular flexibility index (Phi) is 2.97. The molecule has 1 heterocycles. The van der Waals surface area contributed by atoms with Gasteiger partial charge in [-0.05, 0) is 35.1 Å². The fraction of sp³-hybridized carbons (Fsp3) is 0.316. The lowest BCUT2D eigenvalue weighted by atomic mass is 9.66. The fourth-order valence-electron chi connectivity index (χ4n) is 3.92. The summed E-state index contributed by atoms with van der Waals surface area (Å²) >= 11 is 0. The minimum atomic E-state index is -0.839. The van der Waals surface area contributed by atoms with Gasteiger partial charge >= 0.3 is 0 Å². The maximum absolute atomic E-state index is 13.0. The van der Waals surface area contributed by atoms with Gasteiger partial charge in [0.15, 0.2) is 11.4 Å². The van der Waals surface area contributed by atoms with Gasteiger partial charge in [-0.3, -0.25) is 14.9 Å². The van der Waals surface area contributed by atoms with Crippen molar-refractivity contribution in [1.82, 2.24) is 0 Å². The Bertz CT molecular complexity index is 856. The first-order chi connectivity index (χ1) is 11.3. The van der Waals surface area contributed by atoms with Gasteiger partial charge in [0.1, 0.15) is 6.10 Å². The number of hydrogen-bond donors (Lipinski definition) is 0. The molecule has 5 nitrogen and oxygen atoms in total. The van der Waals surface area contributed by atoms with Crippen molar-refractivity contribution in [2.24, 2.45) is 0 Å². The van der Waals surface area contributed by atoms with E-state index in [2.05, 4.69) is 13.8 Å². The number of benzene rings is 2. The quantitative estimate of drug-likeness (QED) is 0.476. The average Bonchev–Trinajstić information content (AvgIpc) is 3.27. The number of rotatable bonds is 2. The Balaban J connectivity index is 1.71. The number of nitrogens with zero attached hydrogens (tertiary/aromatic N) is 1. The van der Waals surface area contributed by atoms with Gasteiger partial charge in [-0.15, -0.1) is 0 Å². The molecule has 1 fully saturated rings. The van der Waals surface area contributed by atoms with Gasteiger partial charge in [-0.2, -0.15) is 0 Å². The van der Waals surface area contributed by atoms with E-state index in [1.165, 1.54) is 12.1 Å². The van der Waals surface area contributed by atoms with Crippen LogP contribution in [0.3, 0.4) is 0 Å². The summed E-state index contributed by atoms with van der Waals surface area (Å²) < 4.78 is 5.92. The van der Waals surface area contributed by atoms with E-state index < -0.39 is 10.5 Å². The van der Waals surface area contributed by atoms with Crippen LogP contribution in [0.25, 0.3) is 0 Å². The van der Waals surface area contributed by atoms with Crippen LogP contribution < -0.4 is 0 Å². The average molecular weight is 323 g/mol. The minimum Gasteiger partial charge on any atom is -0.352 e. The molecule has 0 aromatic heterocycles.